The molecule has 0 saturated heterocycles. The minimum absolute atomic E-state index is 0.0640. The van der Waals surface area contributed by atoms with E-state index in [4.69, 9.17) is 4.84 Å². The van der Waals surface area contributed by atoms with Crippen molar-refractivity contribution in [3.63, 3.8) is 0 Å². The van der Waals surface area contributed by atoms with Crippen molar-refractivity contribution in [2.75, 3.05) is 5.32 Å². The second-order valence-electron chi connectivity index (χ2n) is 6.33. The molecule has 12 heteroatoms. The maximum atomic E-state index is 13.2. The minimum atomic E-state index is -3.35. The molecule has 4 rings (SSSR count). The molecule has 3 aromatic rings. The summed E-state index contributed by atoms with van der Waals surface area (Å²) in [6, 6.07) is 5.86. The van der Waals surface area contributed by atoms with Crippen molar-refractivity contribution in [3.8, 4) is 0 Å². The Morgan fingerprint density at radius 1 is 1.27 bits per heavy atom. The third-order valence-electron chi connectivity index (χ3n) is 4.16. The first kappa shape index (κ1) is 20.6. The van der Waals surface area contributed by atoms with E-state index in [1.54, 1.807) is 11.6 Å². The summed E-state index contributed by atoms with van der Waals surface area (Å²) in [5.41, 5.74) is 0.246. The molecule has 0 aliphatic heterocycles. The van der Waals surface area contributed by atoms with Crippen molar-refractivity contribution in [1.29, 1.82) is 0 Å². The average Bonchev–Trinajstić information content (AvgIpc) is 3.34. The number of carbonyl (C=O) groups excluding carboxylic acids is 1. The lowest BCUT2D eigenvalue weighted by atomic mass is 10.1. The number of thiazole rings is 2. The van der Waals surface area contributed by atoms with Gasteiger partial charge in [-0.2, -0.15) is 4.39 Å². The van der Waals surface area contributed by atoms with Crippen molar-refractivity contribution in [1.82, 2.24) is 9.97 Å². The number of hydrogen-bond acceptors (Lipinski definition) is 9. The standard InChI is InChI=1S/C18H15FN4O4S3/c19-14-9-21-18(29-14)22-17(24)16(23-27-10-15-20-7-8-28-15)11-1-3-12(4-2-11)30(25,26)13-5-6-13/h1-4,7-9,13H,5-6,10H2,(H,21,22,24). The van der Waals surface area contributed by atoms with E-state index in [0.29, 0.717) is 34.7 Å². The molecule has 8 nitrogen and oxygen atoms in total. The molecule has 1 saturated carbocycles. The third kappa shape index (κ3) is 4.71. The van der Waals surface area contributed by atoms with Crippen LogP contribution >= 0.6 is 22.7 Å². The number of halogens is 1. The molecule has 0 spiro atoms. The quantitative estimate of drug-likeness (QED) is 0.403. The Hall–Kier alpha value is -2.70. The topological polar surface area (TPSA) is 111 Å². The summed E-state index contributed by atoms with van der Waals surface area (Å²) >= 11 is 2.05. The molecule has 0 atom stereocenters. The molecular formula is C18H15FN4O4S3. The Morgan fingerprint density at radius 3 is 2.63 bits per heavy atom. The average molecular weight is 467 g/mol. The second kappa shape index (κ2) is 8.58. The molecule has 0 radical (unpaired) electrons. The fourth-order valence-electron chi connectivity index (χ4n) is 2.54. The molecule has 30 heavy (non-hydrogen) atoms. The number of nitrogens with one attached hydrogen (secondary N) is 1. The van der Waals surface area contributed by atoms with Crippen LogP contribution in [0.4, 0.5) is 9.52 Å². The van der Waals surface area contributed by atoms with E-state index in [1.807, 2.05) is 0 Å². The Kier molecular flexibility index (Phi) is 5.88. The van der Waals surface area contributed by atoms with Gasteiger partial charge in [-0.05, 0) is 25.0 Å². The van der Waals surface area contributed by atoms with Crippen LogP contribution in [-0.4, -0.2) is 35.3 Å². The number of oxime groups is 1. The van der Waals surface area contributed by atoms with Gasteiger partial charge in [0.15, 0.2) is 32.4 Å². The van der Waals surface area contributed by atoms with Gasteiger partial charge in [0.05, 0.1) is 16.3 Å². The van der Waals surface area contributed by atoms with Crippen molar-refractivity contribution < 1.29 is 22.4 Å². The molecule has 1 aliphatic rings. The van der Waals surface area contributed by atoms with Gasteiger partial charge in [0.1, 0.15) is 5.01 Å². The molecule has 0 bridgehead atoms. The van der Waals surface area contributed by atoms with Gasteiger partial charge >= 0.3 is 0 Å². The first-order chi connectivity index (χ1) is 14.4. The first-order valence-corrected chi connectivity index (χ1v) is 12.0. The third-order valence-corrected chi connectivity index (χ3v) is 7.89. The fraction of sp³-hybridized carbons (Fsp3) is 0.222. The number of hydrogen-bond donors (Lipinski definition) is 1. The predicted molar refractivity (Wildman–Crippen MR) is 111 cm³/mol. The highest BCUT2D eigenvalue weighted by Gasteiger charge is 2.36. The fourth-order valence-corrected chi connectivity index (χ4v) is 5.26. The molecular weight excluding hydrogens is 451 g/mol. The monoisotopic (exact) mass is 466 g/mol. The van der Waals surface area contributed by atoms with Crippen LogP contribution in [0, 0.1) is 5.13 Å². The Balaban J connectivity index is 1.57. The molecule has 1 fully saturated rings. The summed E-state index contributed by atoms with van der Waals surface area (Å²) in [6.07, 6.45) is 3.94. The highest BCUT2D eigenvalue weighted by Crippen LogP contribution is 2.33. The maximum absolute atomic E-state index is 13.2. The summed E-state index contributed by atoms with van der Waals surface area (Å²) in [5.74, 6) is -0.665. The summed E-state index contributed by atoms with van der Waals surface area (Å²) in [5, 5.41) is 8.03. The zero-order valence-electron chi connectivity index (χ0n) is 15.3. The summed E-state index contributed by atoms with van der Waals surface area (Å²) in [7, 11) is -3.35. The van der Waals surface area contributed by atoms with E-state index in [9.17, 15) is 17.6 Å². The van der Waals surface area contributed by atoms with E-state index in [0.717, 1.165) is 6.20 Å². The van der Waals surface area contributed by atoms with E-state index < -0.39 is 20.9 Å². The number of benzene rings is 1. The molecule has 156 valence electrons. The van der Waals surface area contributed by atoms with Gasteiger partial charge < -0.3 is 4.84 Å². The molecule has 1 aliphatic carbocycles. The normalized spacial score (nSPS) is 14.5. The Labute approximate surface area is 179 Å². The van der Waals surface area contributed by atoms with Crippen LogP contribution in [0.5, 0.6) is 0 Å². The maximum Gasteiger partial charge on any atom is 0.280 e. The van der Waals surface area contributed by atoms with Crippen LogP contribution in [0.25, 0.3) is 0 Å². The second-order valence-corrected chi connectivity index (χ2v) is 10.5. The predicted octanol–water partition coefficient (Wildman–Crippen LogP) is 3.23. The van der Waals surface area contributed by atoms with Gasteiger partial charge in [-0.1, -0.05) is 28.6 Å². The highest BCUT2D eigenvalue weighted by molar-refractivity contribution is 7.92. The van der Waals surface area contributed by atoms with E-state index in [-0.39, 0.29) is 27.6 Å². The van der Waals surface area contributed by atoms with Crippen molar-refractivity contribution in [2.24, 2.45) is 5.16 Å². The zero-order chi connectivity index (χ0) is 21.1. The number of carbonyl (C=O) groups is 1. The lowest BCUT2D eigenvalue weighted by Crippen LogP contribution is -2.24. The van der Waals surface area contributed by atoms with Crippen molar-refractivity contribution >= 4 is 49.3 Å². The number of nitrogens with zero attached hydrogens (tertiary/aromatic N) is 3. The minimum Gasteiger partial charge on any atom is -0.388 e. The Bertz CT molecular complexity index is 1170. The van der Waals surface area contributed by atoms with Gasteiger partial charge in [-0.25, -0.2) is 18.4 Å². The van der Waals surface area contributed by atoms with Gasteiger partial charge in [-0.3, -0.25) is 10.1 Å². The molecule has 1 N–H and O–H groups in total. The number of amides is 1. The lowest BCUT2D eigenvalue weighted by Gasteiger charge is -2.08. The van der Waals surface area contributed by atoms with Crippen LogP contribution in [0.2, 0.25) is 0 Å². The molecule has 2 aromatic heterocycles. The molecule has 1 aromatic carbocycles. The van der Waals surface area contributed by atoms with Gasteiger partial charge in [0.2, 0.25) is 0 Å². The number of aromatic nitrogens is 2. The van der Waals surface area contributed by atoms with Gasteiger partial charge in [0, 0.05) is 17.1 Å². The number of anilines is 1. The van der Waals surface area contributed by atoms with Crippen LogP contribution in [0.3, 0.4) is 0 Å². The largest absolute Gasteiger partial charge is 0.388 e. The van der Waals surface area contributed by atoms with Gasteiger partial charge in [-0.15, -0.1) is 11.3 Å². The molecule has 0 unspecified atom stereocenters. The summed E-state index contributed by atoms with van der Waals surface area (Å²) < 4.78 is 37.9. The van der Waals surface area contributed by atoms with Crippen LogP contribution < -0.4 is 5.32 Å². The van der Waals surface area contributed by atoms with E-state index in [2.05, 4.69) is 20.4 Å². The van der Waals surface area contributed by atoms with Crippen molar-refractivity contribution in [3.05, 3.63) is 57.7 Å². The smallest absolute Gasteiger partial charge is 0.280 e. The summed E-state index contributed by atoms with van der Waals surface area (Å²) in [6.45, 7) is 0.0640. The van der Waals surface area contributed by atoms with Crippen molar-refractivity contribution in [2.45, 2.75) is 29.6 Å². The van der Waals surface area contributed by atoms with Crippen LogP contribution in [-0.2, 0) is 26.1 Å². The highest BCUT2D eigenvalue weighted by atomic mass is 32.2. The van der Waals surface area contributed by atoms with Crippen LogP contribution in [0.15, 0.2) is 52.1 Å². The number of rotatable bonds is 8. The first-order valence-electron chi connectivity index (χ1n) is 8.79. The summed E-state index contributed by atoms with van der Waals surface area (Å²) in [4.78, 5) is 26.0. The van der Waals surface area contributed by atoms with E-state index in [1.165, 1.54) is 35.6 Å². The lowest BCUT2D eigenvalue weighted by molar-refractivity contribution is -0.110. The Morgan fingerprint density at radius 2 is 2.03 bits per heavy atom. The molecule has 1 amide bonds. The zero-order valence-corrected chi connectivity index (χ0v) is 17.8. The van der Waals surface area contributed by atoms with E-state index >= 15 is 0 Å². The molecule has 2 heterocycles. The number of sulfone groups is 1. The SMILES string of the molecule is O=C(Nc1ncc(F)s1)C(=NOCc1nccs1)c1ccc(S(=O)(=O)C2CC2)cc1. The van der Waals surface area contributed by atoms with Crippen LogP contribution in [0.1, 0.15) is 23.4 Å². The van der Waals surface area contributed by atoms with Gasteiger partial charge in [0.25, 0.3) is 5.91 Å².